The molecule has 0 aliphatic rings. The maximum absolute atomic E-state index is 12.3. The maximum Gasteiger partial charge on any atom is 0.219 e. The molecule has 0 aromatic carbocycles. The topological polar surface area (TPSA) is 58.2 Å². The third-order valence-corrected chi connectivity index (χ3v) is 4.87. The van der Waals surface area contributed by atoms with Crippen molar-refractivity contribution in [3.8, 4) is 0 Å². The Kier molecular flexibility index (Phi) is 15.6. The van der Waals surface area contributed by atoms with Gasteiger partial charge in [0.2, 0.25) is 5.91 Å². The molecule has 0 aliphatic carbocycles. The normalized spacial score (nSPS) is 12.8. The highest BCUT2D eigenvalue weighted by Gasteiger charge is 2.20. The summed E-state index contributed by atoms with van der Waals surface area (Å²) in [5.41, 5.74) is 0. The van der Waals surface area contributed by atoms with Crippen molar-refractivity contribution in [1.29, 1.82) is 0 Å². The molecule has 0 aromatic rings. The summed E-state index contributed by atoms with van der Waals surface area (Å²) in [6.45, 7) is 13.4. The highest BCUT2D eigenvalue weighted by molar-refractivity contribution is 5.85. The monoisotopic (exact) mass is 382 g/mol. The molecule has 0 saturated carbocycles. The molecule has 0 spiro atoms. The lowest BCUT2D eigenvalue weighted by atomic mass is 9.96. The zero-order valence-electron chi connectivity index (χ0n) is 18.9. The smallest absolute Gasteiger partial charge is 0.219 e. The number of amides is 1. The van der Waals surface area contributed by atoms with E-state index >= 15 is 0 Å². The molecule has 1 atom stereocenters. The Labute approximate surface area is 168 Å². The van der Waals surface area contributed by atoms with Crippen molar-refractivity contribution in [3.63, 3.8) is 0 Å². The van der Waals surface area contributed by atoms with Crippen molar-refractivity contribution in [2.45, 2.75) is 118 Å². The molecule has 4 heteroatoms. The molecule has 0 aliphatic heterocycles. The summed E-state index contributed by atoms with van der Waals surface area (Å²) in [5.74, 6) is 1.36. The van der Waals surface area contributed by atoms with E-state index in [2.05, 4.69) is 38.3 Å². The van der Waals surface area contributed by atoms with E-state index in [4.69, 9.17) is 0 Å². The summed E-state index contributed by atoms with van der Waals surface area (Å²) in [6, 6.07) is 0.289. The first-order chi connectivity index (χ1) is 12.7. The molecule has 4 nitrogen and oxygen atoms in total. The quantitative estimate of drug-likeness (QED) is 0.338. The highest BCUT2D eigenvalue weighted by atomic mass is 16.1. The summed E-state index contributed by atoms with van der Waals surface area (Å²) in [6.07, 6.45) is 10.6. The third kappa shape index (κ3) is 15.8. The van der Waals surface area contributed by atoms with Gasteiger partial charge in [-0.25, -0.2) is 0 Å². The summed E-state index contributed by atoms with van der Waals surface area (Å²) in [7, 11) is 0. The Morgan fingerprint density at radius 1 is 0.741 bits per heavy atom. The van der Waals surface area contributed by atoms with Crippen molar-refractivity contribution < 1.29 is 9.59 Å². The van der Waals surface area contributed by atoms with E-state index in [9.17, 15) is 9.59 Å². The zero-order chi connectivity index (χ0) is 20.7. The number of unbranched alkanes of at least 4 members (excludes halogenated alkanes) is 5. The van der Waals surface area contributed by atoms with Crippen LogP contribution in [0.4, 0.5) is 0 Å². The van der Waals surface area contributed by atoms with E-state index in [1.807, 2.05) is 13.8 Å². The van der Waals surface area contributed by atoms with Gasteiger partial charge in [-0.3, -0.25) is 9.59 Å². The third-order valence-electron chi connectivity index (χ3n) is 4.87. The minimum atomic E-state index is -0.0321. The van der Waals surface area contributed by atoms with Gasteiger partial charge in [-0.05, 0) is 25.2 Å². The van der Waals surface area contributed by atoms with Crippen LogP contribution in [-0.2, 0) is 9.59 Å². The molecule has 0 heterocycles. The van der Waals surface area contributed by atoms with Gasteiger partial charge in [-0.2, -0.15) is 0 Å². The highest BCUT2D eigenvalue weighted by Crippen LogP contribution is 2.11. The summed E-state index contributed by atoms with van der Waals surface area (Å²) in [4.78, 5) is 24.1. The predicted molar refractivity (Wildman–Crippen MR) is 116 cm³/mol. The Balaban J connectivity index is 3.70. The van der Waals surface area contributed by atoms with Crippen molar-refractivity contribution in [1.82, 2.24) is 10.6 Å². The summed E-state index contributed by atoms with van der Waals surface area (Å²) < 4.78 is 0. The van der Waals surface area contributed by atoms with Gasteiger partial charge in [-0.15, -0.1) is 0 Å². The average Bonchev–Trinajstić information content (AvgIpc) is 2.58. The minimum absolute atomic E-state index is 0.0321. The van der Waals surface area contributed by atoms with Crippen LogP contribution in [0.25, 0.3) is 0 Å². The molecule has 160 valence electrons. The average molecular weight is 383 g/mol. The molecular weight excluding hydrogens is 336 g/mol. The van der Waals surface area contributed by atoms with E-state index in [1.54, 1.807) is 0 Å². The Bertz CT molecular complexity index is 392. The first-order valence-corrected chi connectivity index (χ1v) is 11.3. The van der Waals surface area contributed by atoms with E-state index in [-0.39, 0.29) is 17.9 Å². The van der Waals surface area contributed by atoms with Crippen molar-refractivity contribution >= 4 is 11.7 Å². The molecule has 1 unspecified atom stereocenters. The number of carbonyl (C=O) groups excluding carboxylic acids is 2. The van der Waals surface area contributed by atoms with Crippen LogP contribution in [0.2, 0.25) is 0 Å². The molecular formula is C23H46N2O2. The SMILES string of the molecule is CC(C)CCCCCCC(=O)NCCCCCC(NC(C)C)C(=O)C(C)C. The second kappa shape index (κ2) is 16.1. The van der Waals surface area contributed by atoms with Crippen molar-refractivity contribution in [3.05, 3.63) is 0 Å². The van der Waals surface area contributed by atoms with Crippen LogP contribution >= 0.6 is 0 Å². The van der Waals surface area contributed by atoms with Crippen molar-refractivity contribution in [2.75, 3.05) is 6.54 Å². The maximum atomic E-state index is 12.3. The lowest BCUT2D eigenvalue weighted by molar-refractivity contribution is -0.124. The standard InChI is InChI=1S/C23H46N2O2/c1-18(2)14-10-7-8-12-16-22(26)24-17-13-9-11-15-21(25-20(5)6)23(27)19(3)4/h18-21,25H,7-17H2,1-6H3,(H,24,26). The Morgan fingerprint density at radius 3 is 1.93 bits per heavy atom. The lowest BCUT2D eigenvalue weighted by Gasteiger charge is -2.22. The molecule has 0 rings (SSSR count). The van der Waals surface area contributed by atoms with Crippen LogP contribution in [0.5, 0.6) is 0 Å². The molecule has 0 aromatic heterocycles. The van der Waals surface area contributed by atoms with Crippen LogP contribution in [0.15, 0.2) is 0 Å². The number of hydrogen-bond donors (Lipinski definition) is 2. The van der Waals surface area contributed by atoms with Gasteiger partial charge in [0.05, 0.1) is 6.04 Å². The van der Waals surface area contributed by atoms with E-state index < -0.39 is 0 Å². The molecule has 0 radical (unpaired) electrons. The fraction of sp³-hybridized carbons (Fsp3) is 0.913. The minimum Gasteiger partial charge on any atom is -0.356 e. The Morgan fingerprint density at radius 2 is 1.33 bits per heavy atom. The first-order valence-electron chi connectivity index (χ1n) is 11.3. The number of Topliss-reactive ketones (excluding diaryl/α,β-unsaturated/α-hetero) is 1. The van der Waals surface area contributed by atoms with Crippen molar-refractivity contribution in [2.24, 2.45) is 11.8 Å². The van der Waals surface area contributed by atoms with Crippen LogP contribution in [-0.4, -0.2) is 30.3 Å². The number of rotatable bonds is 17. The second-order valence-electron chi connectivity index (χ2n) is 8.98. The van der Waals surface area contributed by atoms with Gasteiger partial charge in [0.25, 0.3) is 0 Å². The number of nitrogens with one attached hydrogen (secondary N) is 2. The van der Waals surface area contributed by atoms with E-state index in [0.29, 0.717) is 18.2 Å². The van der Waals surface area contributed by atoms with Gasteiger partial charge in [-0.1, -0.05) is 80.1 Å². The second-order valence-corrected chi connectivity index (χ2v) is 8.98. The molecule has 0 bridgehead atoms. The molecule has 27 heavy (non-hydrogen) atoms. The van der Waals surface area contributed by atoms with E-state index in [0.717, 1.165) is 51.0 Å². The fourth-order valence-electron chi connectivity index (χ4n) is 3.27. The predicted octanol–water partition coefficient (Wildman–Crippen LogP) is 5.25. The summed E-state index contributed by atoms with van der Waals surface area (Å²) >= 11 is 0. The van der Waals surface area contributed by atoms with Crippen LogP contribution in [0.3, 0.4) is 0 Å². The largest absolute Gasteiger partial charge is 0.356 e. The summed E-state index contributed by atoms with van der Waals surface area (Å²) in [5, 5.41) is 6.43. The molecule has 0 fully saturated rings. The first kappa shape index (κ1) is 26.1. The van der Waals surface area contributed by atoms with Gasteiger partial charge >= 0.3 is 0 Å². The molecule has 1 amide bonds. The Hall–Kier alpha value is -0.900. The van der Waals surface area contributed by atoms with E-state index in [1.165, 1.54) is 19.3 Å². The number of ketones is 1. The zero-order valence-corrected chi connectivity index (χ0v) is 18.9. The van der Waals surface area contributed by atoms with Crippen LogP contribution in [0.1, 0.15) is 106 Å². The van der Waals surface area contributed by atoms with Gasteiger partial charge < -0.3 is 10.6 Å². The fourth-order valence-corrected chi connectivity index (χ4v) is 3.27. The number of carbonyl (C=O) groups is 2. The molecule has 0 saturated heterocycles. The molecule has 2 N–H and O–H groups in total. The van der Waals surface area contributed by atoms with Gasteiger partial charge in [0.15, 0.2) is 5.78 Å². The lowest BCUT2D eigenvalue weighted by Crippen LogP contribution is -2.42. The van der Waals surface area contributed by atoms with Gasteiger partial charge in [0, 0.05) is 24.9 Å². The van der Waals surface area contributed by atoms with Gasteiger partial charge in [0.1, 0.15) is 0 Å². The number of hydrogen-bond acceptors (Lipinski definition) is 3. The van der Waals surface area contributed by atoms with Crippen LogP contribution < -0.4 is 10.6 Å². The van der Waals surface area contributed by atoms with Crippen LogP contribution in [0, 0.1) is 11.8 Å².